The number of halogens is 1. The lowest BCUT2D eigenvalue weighted by atomic mass is 9.85. The summed E-state index contributed by atoms with van der Waals surface area (Å²) in [5.41, 5.74) is 3.89. The van der Waals surface area contributed by atoms with Crippen LogP contribution in [0.4, 0.5) is 15.8 Å². The number of anilines is 2. The number of fused-ring (bicyclic) bond motifs is 1. The van der Waals surface area contributed by atoms with Crippen LogP contribution in [-0.2, 0) is 27.4 Å². The molecule has 222 valence electrons. The number of morpholine rings is 1. The van der Waals surface area contributed by atoms with E-state index in [1.165, 1.54) is 12.1 Å². The van der Waals surface area contributed by atoms with Gasteiger partial charge in [0.05, 0.1) is 18.7 Å². The van der Waals surface area contributed by atoms with Crippen molar-refractivity contribution in [3.8, 4) is 0 Å². The number of nitrogens with one attached hydrogen (secondary N) is 1. The van der Waals surface area contributed by atoms with Crippen LogP contribution in [0.2, 0.25) is 0 Å². The number of nitrogens with zero attached hydrogens (tertiary/aromatic N) is 5. The van der Waals surface area contributed by atoms with E-state index < -0.39 is 6.04 Å². The monoisotopic (exact) mass is 582 g/mol. The van der Waals surface area contributed by atoms with Crippen LogP contribution in [0.5, 0.6) is 0 Å². The van der Waals surface area contributed by atoms with Gasteiger partial charge in [0.2, 0.25) is 11.8 Å². The van der Waals surface area contributed by atoms with E-state index in [0.29, 0.717) is 30.8 Å². The summed E-state index contributed by atoms with van der Waals surface area (Å²) in [4.78, 5) is 32.2. The number of hydrogen-bond donors (Lipinski definition) is 1. The van der Waals surface area contributed by atoms with Gasteiger partial charge in [-0.3, -0.25) is 9.59 Å². The molecule has 2 heterocycles. The second kappa shape index (κ2) is 13.2. The quantitative estimate of drug-likeness (QED) is 0.285. The zero-order valence-electron chi connectivity index (χ0n) is 23.9. The third kappa shape index (κ3) is 6.75. The van der Waals surface area contributed by atoms with Crippen molar-refractivity contribution in [2.75, 3.05) is 36.5 Å². The molecular weight excluding hydrogens is 547 g/mol. The van der Waals surface area contributed by atoms with Gasteiger partial charge in [0.25, 0.3) is 0 Å². The molecule has 1 saturated heterocycles. The Hall–Kier alpha value is -4.57. The van der Waals surface area contributed by atoms with Crippen LogP contribution in [0, 0.1) is 11.7 Å². The summed E-state index contributed by atoms with van der Waals surface area (Å²) in [6.07, 6.45) is 6.47. The summed E-state index contributed by atoms with van der Waals surface area (Å²) in [6.45, 7) is 3.11. The van der Waals surface area contributed by atoms with Gasteiger partial charge in [0.1, 0.15) is 23.9 Å². The molecule has 6 rings (SSSR count). The first-order valence-electron chi connectivity index (χ1n) is 14.8. The van der Waals surface area contributed by atoms with E-state index in [4.69, 9.17) is 4.74 Å². The number of rotatable bonds is 9. The Labute approximate surface area is 249 Å². The van der Waals surface area contributed by atoms with Crippen molar-refractivity contribution < 1.29 is 18.7 Å². The number of carbonyl (C=O) groups is 2. The molecule has 9 nitrogen and oxygen atoms in total. The maximum absolute atomic E-state index is 14.2. The molecule has 2 unspecified atom stereocenters. The van der Waals surface area contributed by atoms with Crippen LogP contribution in [-0.4, -0.2) is 64.1 Å². The number of aromatic nitrogens is 3. The summed E-state index contributed by atoms with van der Waals surface area (Å²) in [5, 5.41) is 11.5. The Morgan fingerprint density at radius 2 is 1.77 bits per heavy atom. The molecule has 0 saturated carbocycles. The summed E-state index contributed by atoms with van der Waals surface area (Å²) >= 11 is 0. The van der Waals surface area contributed by atoms with Gasteiger partial charge in [-0.2, -0.15) is 0 Å². The van der Waals surface area contributed by atoms with Crippen LogP contribution in [0.25, 0.3) is 11.0 Å². The van der Waals surface area contributed by atoms with Crippen molar-refractivity contribution in [3.05, 3.63) is 96.3 Å². The number of hydrogen-bond acceptors (Lipinski definition) is 6. The molecule has 4 aromatic rings. The molecule has 3 aromatic carbocycles. The highest BCUT2D eigenvalue weighted by molar-refractivity contribution is 5.97. The third-order valence-electron chi connectivity index (χ3n) is 8.16. The minimum Gasteiger partial charge on any atom is -0.378 e. The highest BCUT2D eigenvalue weighted by atomic mass is 19.1. The fraction of sp³-hybridized carbons (Fsp3) is 0.333. The number of para-hydroxylation sites is 1. The number of allylic oxidation sites excluding steroid dienone is 2. The second-order valence-corrected chi connectivity index (χ2v) is 11.0. The highest BCUT2D eigenvalue weighted by Crippen LogP contribution is 2.29. The minimum absolute atomic E-state index is 0.0811. The van der Waals surface area contributed by atoms with Gasteiger partial charge >= 0.3 is 0 Å². The molecule has 10 heteroatoms. The number of benzene rings is 3. The van der Waals surface area contributed by atoms with Crippen LogP contribution in [0.1, 0.15) is 24.8 Å². The lowest BCUT2D eigenvalue weighted by Crippen LogP contribution is -2.52. The number of carbonyl (C=O) groups excluding carboxylic acids is 2. The van der Waals surface area contributed by atoms with Crippen molar-refractivity contribution in [1.82, 2.24) is 19.9 Å². The standard InChI is InChI=1S/C33H35FN6O3/c34-26-12-10-24(11-13-26)22-39(31(41)23-40-30-9-5-4-8-29(30)36-37-40)32(25-6-2-1-3-7-25)33(42)35-27-14-16-28(17-15-27)38-18-20-43-21-19-38/h1-2,4-5,8-17,25,32H,3,6-7,18-23H2,(H,35,42). The normalized spacial score (nSPS) is 17.5. The van der Waals surface area contributed by atoms with Crippen molar-refractivity contribution in [1.29, 1.82) is 0 Å². The van der Waals surface area contributed by atoms with Crippen molar-refractivity contribution >= 4 is 34.2 Å². The summed E-state index contributed by atoms with van der Waals surface area (Å²) in [5.74, 6) is -0.965. The fourth-order valence-electron chi connectivity index (χ4n) is 5.89. The smallest absolute Gasteiger partial charge is 0.247 e. The minimum atomic E-state index is -0.754. The van der Waals surface area contributed by atoms with Gasteiger partial charge in [-0.25, -0.2) is 9.07 Å². The first-order valence-corrected chi connectivity index (χ1v) is 14.8. The SMILES string of the molecule is O=C(Nc1ccc(N2CCOCC2)cc1)C(C1CC=CCC1)N(Cc1ccc(F)cc1)C(=O)Cn1nnc2ccccc21. The fourth-order valence-corrected chi connectivity index (χ4v) is 5.89. The third-order valence-corrected chi connectivity index (χ3v) is 8.16. The lowest BCUT2D eigenvalue weighted by molar-refractivity contribution is -0.142. The molecule has 1 aliphatic heterocycles. The van der Waals surface area contributed by atoms with Crippen LogP contribution in [0.15, 0.2) is 84.9 Å². The topological polar surface area (TPSA) is 92.6 Å². The Morgan fingerprint density at radius 1 is 1.00 bits per heavy atom. The first kappa shape index (κ1) is 28.5. The molecule has 1 N–H and O–H groups in total. The van der Waals surface area contributed by atoms with E-state index in [1.807, 2.05) is 48.5 Å². The van der Waals surface area contributed by atoms with E-state index in [-0.39, 0.29) is 36.6 Å². The molecule has 2 aliphatic rings. The number of amides is 2. The molecule has 0 spiro atoms. The molecule has 2 amide bonds. The molecule has 2 atom stereocenters. The Bertz CT molecular complexity index is 1580. The van der Waals surface area contributed by atoms with E-state index in [0.717, 1.165) is 42.7 Å². The zero-order valence-corrected chi connectivity index (χ0v) is 23.9. The predicted octanol–water partition coefficient (Wildman–Crippen LogP) is 4.80. The van der Waals surface area contributed by atoms with Crippen LogP contribution < -0.4 is 10.2 Å². The van der Waals surface area contributed by atoms with Crippen molar-refractivity contribution in [2.45, 2.75) is 38.4 Å². The molecule has 1 aromatic heterocycles. The molecule has 1 aliphatic carbocycles. The van der Waals surface area contributed by atoms with Crippen molar-refractivity contribution in [3.63, 3.8) is 0 Å². The van der Waals surface area contributed by atoms with Crippen LogP contribution >= 0.6 is 0 Å². The number of ether oxygens (including phenoxy) is 1. The zero-order chi connectivity index (χ0) is 29.6. The molecule has 0 bridgehead atoms. The Balaban J connectivity index is 1.29. The lowest BCUT2D eigenvalue weighted by Gasteiger charge is -2.37. The first-order chi connectivity index (χ1) is 21.0. The maximum atomic E-state index is 14.2. The van der Waals surface area contributed by atoms with E-state index in [2.05, 4.69) is 32.7 Å². The largest absolute Gasteiger partial charge is 0.378 e. The summed E-state index contributed by atoms with van der Waals surface area (Å²) < 4.78 is 20.8. The molecule has 0 radical (unpaired) electrons. The molecule has 43 heavy (non-hydrogen) atoms. The van der Waals surface area contributed by atoms with Gasteiger partial charge in [-0.15, -0.1) is 5.10 Å². The predicted molar refractivity (Wildman–Crippen MR) is 163 cm³/mol. The van der Waals surface area contributed by atoms with Crippen molar-refractivity contribution in [2.24, 2.45) is 5.92 Å². The highest BCUT2D eigenvalue weighted by Gasteiger charge is 2.37. The Morgan fingerprint density at radius 3 is 2.51 bits per heavy atom. The van der Waals surface area contributed by atoms with E-state index in [1.54, 1.807) is 21.7 Å². The molecule has 1 fully saturated rings. The van der Waals surface area contributed by atoms with Gasteiger partial charge in [-0.1, -0.05) is 41.6 Å². The van der Waals surface area contributed by atoms with Gasteiger partial charge < -0.3 is 19.9 Å². The van der Waals surface area contributed by atoms with E-state index in [9.17, 15) is 14.0 Å². The van der Waals surface area contributed by atoms with Gasteiger partial charge in [0.15, 0.2) is 0 Å². The van der Waals surface area contributed by atoms with Gasteiger partial charge in [0, 0.05) is 31.0 Å². The second-order valence-electron chi connectivity index (χ2n) is 11.0. The Kier molecular flexibility index (Phi) is 8.74. The summed E-state index contributed by atoms with van der Waals surface area (Å²) in [6, 6.07) is 20.5. The molecular formula is C33H35FN6O3. The van der Waals surface area contributed by atoms with Gasteiger partial charge in [-0.05, 0) is 79.3 Å². The summed E-state index contributed by atoms with van der Waals surface area (Å²) in [7, 11) is 0. The average molecular weight is 583 g/mol. The van der Waals surface area contributed by atoms with Crippen LogP contribution in [0.3, 0.4) is 0 Å². The maximum Gasteiger partial charge on any atom is 0.247 e. The van der Waals surface area contributed by atoms with E-state index >= 15 is 0 Å². The average Bonchev–Trinajstić information content (AvgIpc) is 3.45.